The zero-order valence-electron chi connectivity index (χ0n) is 11.7. The van der Waals surface area contributed by atoms with Crippen LogP contribution < -0.4 is 9.46 Å². The number of aromatic carboxylic acids is 1. The molecule has 0 radical (unpaired) electrons. The first-order valence-corrected chi connectivity index (χ1v) is 8.54. The van der Waals surface area contributed by atoms with Crippen molar-refractivity contribution in [1.29, 1.82) is 0 Å². The van der Waals surface area contributed by atoms with Crippen LogP contribution in [0.25, 0.3) is 0 Å². The molecule has 0 aromatic heterocycles. The SMILES string of the molecule is O=C(O)c1ccc(NS(=O)(=O)c2cc(Cl)cc3c2OCC3)cc1. The summed E-state index contributed by atoms with van der Waals surface area (Å²) in [6, 6.07) is 8.42. The van der Waals surface area contributed by atoms with Crippen LogP contribution in [0.4, 0.5) is 5.69 Å². The van der Waals surface area contributed by atoms with Crippen molar-refractivity contribution in [1.82, 2.24) is 0 Å². The van der Waals surface area contributed by atoms with Gasteiger partial charge < -0.3 is 9.84 Å². The molecule has 6 nitrogen and oxygen atoms in total. The van der Waals surface area contributed by atoms with Crippen LogP contribution in [-0.4, -0.2) is 26.1 Å². The third-order valence-electron chi connectivity index (χ3n) is 3.39. The molecule has 23 heavy (non-hydrogen) atoms. The molecule has 0 bridgehead atoms. The molecule has 0 saturated heterocycles. The fourth-order valence-electron chi connectivity index (χ4n) is 2.33. The molecule has 1 heterocycles. The van der Waals surface area contributed by atoms with Crippen molar-refractivity contribution in [2.24, 2.45) is 0 Å². The number of fused-ring (bicyclic) bond motifs is 1. The summed E-state index contributed by atoms with van der Waals surface area (Å²) < 4.78 is 32.9. The van der Waals surface area contributed by atoms with Gasteiger partial charge >= 0.3 is 5.97 Å². The van der Waals surface area contributed by atoms with Gasteiger partial charge in [0.05, 0.1) is 12.2 Å². The van der Waals surface area contributed by atoms with E-state index in [1.165, 1.54) is 30.3 Å². The van der Waals surface area contributed by atoms with E-state index in [9.17, 15) is 13.2 Å². The van der Waals surface area contributed by atoms with Crippen LogP contribution >= 0.6 is 11.6 Å². The lowest BCUT2D eigenvalue weighted by atomic mass is 10.2. The highest BCUT2D eigenvalue weighted by Crippen LogP contribution is 2.36. The quantitative estimate of drug-likeness (QED) is 0.881. The Balaban J connectivity index is 1.95. The van der Waals surface area contributed by atoms with Crippen LogP contribution in [0.3, 0.4) is 0 Å². The van der Waals surface area contributed by atoms with E-state index in [0.29, 0.717) is 23.8 Å². The highest BCUT2D eigenvalue weighted by atomic mass is 35.5. The van der Waals surface area contributed by atoms with E-state index < -0.39 is 16.0 Å². The minimum Gasteiger partial charge on any atom is -0.492 e. The van der Waals surface area contributed by atoms with Crippen LogP contribution in [-0.2, 0) is 16.4 Å². The predicted molar refractivity (Wildman–Crippen MR) is 84.9 cm³/mol. The summed E-state index contributed by atoms with van der Waals surface area (Å²) in [5.41, 5.74) is 1.07. The summed E-state index contributed by atoms with van der Waals surface area (Å²) in [5.74, 6) is -0.774. The van der Waals surface area contributed by atoms with Crippen LogP contribution in [0.2, 0.25) is 5.02 Å². The molecule has 120 valence electrons. The topological polar surface area (TPSA) is 92.7 Å². The third-order valence-corrected chi connectivity index (χ3v) is 4.99. The number of carboxylic acid groups (broad SMARTS) is 1. The molecule has 0 spiro atoms. The number of nitrogens with one attached hydrogen (secondary N) is 1. The van der Waals surface area contributed by atoms with Gasteiger partial charge in [-0.25, -0.2) is 13.2 Å². The number of halogens is 1. The first-order chi connectivity index (χ1) is 10.9. The number of ether oxygens (including phenoxy) is 1. The van der Waals surface area contributed by atoms with Gasteiger partial charge in [0.25, 0.3) is 10.0 Å². The minimum atomic E-state index is -3.90. The number of rotatable bonds is 4. The van der Waals surface area contributed by atoms with E-state index in [2.05, 4.69) is 4.72 Å². The second-order valence-corrected chi connectivity index (χ2v) is 7.07. The molecule has 2 aromatic rings. The molecular weight excluding hydrogens is 342 g/mol. The second-order valence-electron chi connectivity index (χ2n) is 4.98. The third kappa shape index (κ3) is 3.11. The zero-order chi connectivity index (χ0) is 16.6. The summed E-state index contributed by atoms with van der Waals surface area (Å²) >= 11 is 5.98. The summed E-state index contributed by atoms with van der Waals surface area (Å²) in [7, 11) is -3.90. The lowest BCUT2D eigenvalue weighted by Crippen LogP contribution is -2.14. The fraction of sp³-hybridized carbons (Fsp3) is 0.133. The largest absolute Gasteiger partial charge is 0.492 e. The van der Waals surface area contributed by atoms with Gasteiger partial charge in [-0.3, -0.25) is 4.72 Å². The second kappa shape index (κ2) is 5.75. The Morgan fingerprint density at radius 2 is 1.91 bits per heavy atom. The number of sulfonamides is 1. The van der Waals surface area contributed by atoms with Crippen molar-refractivity contribution in [3.8, 4) is 5.75 Å². The fourth-order valence-corrected chi connectivity index (χ4v) is 3.90. The van der Waals surface area contributed by atoms with Crippen LogP contribution in [0.5, 0.6) is 5.75 Å². The van der Waals surface area contributed by atoms with E-state index in [1.54, 1.807) is 6.07 Å². The van der Waals surface area contributed by atoms with Gasteiger partial charge in [-0.2, -0.15) is 0 Å². The Morgan fingerprint density at radius 1 is 1.22 bits per heavy atom. The molecule has 2 aromatic carbocycles. The molecule has 0 aliphatic carbocycles. The monoisotopic (exact) mass is 353 g/mol. The van der Waals surface area contributed by atoms with Gasteiger partial charge in [0.15, 0.2) is 0 Å². The van der Waals surface area contributed by atoms with E-state index in [1.807, 2.05) is 0 Å². The summed E-state index contributed by atoms with van der Waals surface area (Å²) in [6.45, 7) is 0.408. The number of anilines is 1. The Labute approximate surface area is 137 Å². The van der Waals surface area contributed by atoms with E-state index in [4.69, 9.17) is 21.4 Å². The number of carbonyl (C=O) groups is 1. The molecule has 3 rings (SSSR count). The average Bonchev–Trinajstić information content (AvgIpc) is 2.94. The Kier molecular flexibility index (Phi) is 3.91. The number of hydrogen-bond acceptors (Lipinski definition) is 4. The smallest absolute Gasteiger partial charge is 0.335 e. The van der Waals surface area contributed by atoms with Crippen molar-refractivity contribution in [3.05, 3.63) is 52.5 Å². The van der Waals surface area contributed by atoms with E-state index in [-0.39, 0.29) is 16.1 Å². The van der Waals surface area contributed by atoms with Crippen LogP contribution in [0, 0.1) is 0 Å². The Morgan fingerprint density at radius 3 is 2.57 bits per heavy atom. The number of carboxylic acids is 1. The van der Waals surface area contributed by atoms with Crippen LogP contribution in [0.1, 0.15) is 15.9 Å². The first-order valence-electron chi connectivity index (χ1n) is 6.68. The Hall–Kier alpha value is -2.25. The maximum atomic E-state index is 12.6. The summed E-state index contributed by atoms with van der Waals surface area (Å²) in [5, 5.41) is 9.17. The molecule has 0 amide bonds. The van der Waals surface area contributed by atoms with Crippen molar-refractivity contribution in [2.75, 3.05) is 11.3 Å². The van der Waals surface area contributed by atoms with Gasteiger partial charge in [-0.05, 0) is 36.4 Å². The van der Waals surface area contributed by atoms with Crippen molar-refractivity contribution >= 4 is 33.3 Å². The maximum absolute atomic E-state index is 12.6. The van der Waals surface area contributed by atoms with Gasteiger partial charge in [0, 0.05) is 22.7 Å². The van der Waals surface area contributed by atoms with Crippen LogP contribution in [0.15, 0.2) is 41.3 Å². The zero-order valence-corrected chi connectivity index (χ0v) is 13.3. The van der Waals surface area contributed by atoms with E-state index >= 15 is 0 Å². The first kappa shape index (κ1) is 15.6. The molecule has 0 unspecified atom stereocenters. The Bertz CT molecular complexity index is 877. The molecule has 0 atom stereocenters. The van der Waals surface area contributed by atoms with Gasteiger partial charge in [0.1, 0.15) is 10.6 Å². The lowest BCUT2D eigenvalue weighted by Gasteiger charge is -2.12. The van der Waals surface area contributed by atoms with Crippen molar-refractivity contribution in [3.63, 3.8) is 0 Å². The van der Waals surface area contributed by atoms with Gasteiger partial charge in [0.2, 0.25) is 0 Å². The lowest BCUT2D eigenvalue weighted by molar-refractivity contribution is 0.0697. The average molecular weight is 354 g/mol. The van der Waals surface area contributed by atoms with Gasteiger partial charge in [-0.15, -0.1) is 0 Å². The van der Waals surface area contributed by atoms with Gasteiger partial charge in [-0.1, -0.05) is 11.6 Å². The standard InChI is InChI=1S/C15H12ClNO5S/c16-11-7-10-5-6-22-14(10)13(8-11)23(20,21)17-12-3-1-9(2-4-12)15(18)19/h1-4,7-8,17H,5-6H2,(H,18,19). The summed E-state index contributed by atoms with van der Waals surface area (Å²) in [6.07, 6.45) is 0.603. The minimum absolute atomic E-state index is 0.0280. The molecular formula is C15H12ClNO5S. The molecule has 8 heteroatoms. The molecule has 2 N–H and O–H groups in total. The molecule has 0 saturated carbocycles. The van der Waals surface area contributed by atoms with Crippen molar-refractivity contribution in [2.45, 2.75) is 11.3 Å². The normalized spacial score (nSPS) is 13.3. The number of hydrogen-bond donors (Lipinski definition) is 2. The van der Waals surface area contributed by atoms with E-state index in [0.717, 1.165) is 5.56 Å². The molecule has 1 aliphatic rings. The highest BCUT2D eigenvalue weighted by Gasteiger charge is 2.26. The molecule has 1 aliphatic heterocycles. The predicted octanol–water partition coefficient (Wildman–Crippen LogP) is 2.77. The maximum Gasteiger partial charge on any atom is 0.335 e. The van der Waals surface area contributed by atoms with Crippen molar-refractivity contribution < 1.29 is 23.1 Å². The highest BCUT2D eigenvalue weighted by molar-refractivity contribution is 7.92. The number of benzene rings is 2. The summed E-state index contributed by atoms with van der Waals surface area (Å²) in [4.78, 5) is 10.8. The molecule has 0 fully saturated rings.